The van der Waals surface area contributed by atoms with Gasteiger partial charge in [-0.05, 0) is 94.8 Å². The predicted octanol–water partition coefficient (Wildman–Crippen LogP) is 6.30. The van der Waals surface area contributed by atoms with Crippen molar-refractivity contribution >= 4 is 32.1 Å². The lowest BCUT2D eigenvalue weighted by atomic mass is 9.76. The summed E-state index contributed by atoms with van der Waals surface area (Å²) in [5.41, 5.74) is 2.55. The van der Waals surface area contributed by atoms with Gasteiger partial charge in [0.15, 0.2) is 9.84 Å². The van der Waals surface area contributed by atoms with Crippen molar-refractivity contribution in [2.45, 2.75) is 75.1 Å². The van der Waals surface area contributed by atoms with Crippen molar-refractivity contribution in [3.63, 3.8) is 0 Å². The summed E-state index contributed by atoms with van der Waals surface area (Å²) < 4.78 is 77.5. The van der Waals surface area contributed by atoms with Gasteiger partial charge in [-0.15, -0.1) is 0 Å². The van der Waals surface area contributed by atoms with Crippen molar-refractivity contribution < 1.29 is 31.1 Å². The molecule has 2 aromatic carbocycles. The molecule has 2 N–H and O–H groups in total. The van der Waals surface area contributed by atoms with Crippen molar-refractivity contribution in [2.24, 2.45) is 5.41 Å². The zero-order valence-electron chi connectivity index (χ0n) is 27.0. The molecule has 3 fully saturated rings. The summed E-state index contributed by atoms with van der Waals surface area (Å²) in [5.74, 6) is 6.25. The number of benzene rings is 2. The molecule has 1 aliphatic carbocycles. The number of ether oxygens (including phenoxy) is 2. The number of hydrogen-bond donors (Lipinski definition) is 2. The molecule has 3 heterocycles. The number of nitrogens with zero attached hydrogens (tertiary/aromatic N) is 2. The van der Waals surface area contributed by atoms with E-state index >= 15 is 0 Å². The molecule has 6 rings (SSSR count). The van der Waals surface area contributed by atoms with Gasteiger partial charge in [0.2, 0.25) is 0 Å². The molecule has 3 aliphatic rings. The fraction of sp³-hybridized carbons (Fsp3) is 0.543. The van der Waals surface area contributed by atoms with Crippen LogP contribution in [0.3, 0.4) is 0 Å². The summed E-state index contributed by atoms with van der Waals surface area (Å²) in [5, 5.41) is 7.48. The van der Waals surface area contributed by atoms with E-state index in [0.717, 1.165) is 69.3 Å². The molecule has 8 nitrogen and oxygen atoms in total. The first-order chi connectivity index (χ1) is 22.4. The van der Waals surface area contributed by atoms with Crippen LogP contribution in [-0.2, 0) is 21.1 Å². The van der Waals surface area contributed by atoms with E-state index in [9.17, 15) is 21.6 Å². The molecule has 254 valence electrons. The van der Waals surface area contributed by atoms with Gasteiger partial charge in [0.1, 0.15) is 12.3 Å². The van der Waals surface area contributed by atoms with Crippen molar-refractivity contribution in [2.75, 3.05) is 56.3 Å². The molecular weight excluding hydrogens is 629 g/mol. The number of aromatic nitrogens is 1. The van der Waals surface area contributed by atoms with Crippen molar-refractivity contribution in [1.82, 2.24) is 9.47 Å². The fourth-order valence-corrected chi connectivity index (χ4v) is 7.78. The maximum absolute atomic E-state index is 13.7. The van der Waals surface area contributed by atoms with Gasteiger partial charge in [0.05, 0.1) is 48.2 Å². The lowest BCUT2D eigenvalue weighted by molar-refractivity contribution is -0.143. The van der Waals surface area contributed by atoms with E-state index in [4.69, 9.17) is 9.47 Å². The minimum Gasteiger partial charge on any atom is -0.492 e. The number of anilines is 2. The van der Waals surface area contributed by atoms with E-state index in [1.54, 1.807) is 31.2 Å². The van der Waals surface area contributed by atoms with Crippen molar-refractivity contribution in [3.05, 3.63) is 48.2 Å². The summed E-state index contributed by atoms with van der Waals surface area (Å²) >= 11 is 0. The zero-order valence-corrected chi connectivity index (χ0v) is 27.8. The lowest BCUT2D eigenvalue weighted by Gasteiger charge is -2.49. The Hall–Kier alpha value is -3.40. The van der Waals surface area contributed by atoms with E-state index in [1.807, 2.05) is 6.07 Å². The highest BCUT2D eigenvalue weighted by Gasteiger charge is 2.42. The molecule has 0 amide bonds. The number of hydrogen-bond acceptors (Lipinski definition) is 7. The van der Waals surface area contributed by atoms with Crippen LogP contribution in [0.1, 0.15) is 51.1 Å². The highest BCUT2D eigenvalue weighted by Crippen LogP contribution is 2.40. The predicted molar refractivity (Wildman–Crippen MR) is 178 cm³/mol. The van der Waals surface area contributed by atoms with Gasteiger partial charge in [0.25, 0.3) is 0 Å². The fourth-order valence-electron chi connectivity index (χ4n) is 7.14. The first kappa shape index (κ1) is 33.5. The molecule has 3 aromatic rings. The Morgan fingerprint density at radius 1 is 1.04 bits per heavy atom. The van der Waals surface area contributed by atoms with Crippen LogP contribution in [0.15, 0.2) is 47.4 Å². The standard InChI is InChI=1S/C35H43F3N4O4S/c1-3-46-33-21-28(47(2,43)44)13-14-31(33)39-17-5-6-27-20-29-30(7-4-8-32(29)42(27)22-35(36,37)38)40-25-9-11-26(12-10-25)41-18-15-34(16-19-41)23-45-24-34/h4,7-8,13-14,20-21,25-26,39-40H,3,9-12,15-19,22-24H2,1-2H3/t25-,26-. The Labute approximate surface area is 274 Å². The normalized spacial score (nSPS) is 21.6. The molecule has 12 heteroatoms. The number of halogens is 3. The molecular formula is C35H43F3N4O4S. The number of rotatable bonds is 9. The molecule has 2 aliphatic heterocycles. The van der Waals surface area contributed by atoms with Gasteiger partial charge in [0, 0.05) is 40.9 Å². The molecule has 1 saturated carbocycles. The quantitative estimate of drug-likeness (QED) is 0.258. The Balaban J connectivity index is 1.15. The third-order valence-corrected chi connectivity index (χ3v) is 10.9. The zero-order chi connectivity index (χ0) is 33.2. The average Bonchev–Trinajstić information content (AvgIpc) is 3.35. The molecule has 0 unspecified atom stereocenters. The van der Waals surface area contributed by atoms with Gasteiger partial charge >= 0.3 is 6.18 Å². The number of likely N-dealkylation sites (tertiary alicyclic amines) is 1. The van der Waals surface area contributed by atoms with E-state index in [0.29, 0.717) is 35.0 Å². The first-order valence-electron chi connectivity index (χ1n) is 16.4. The third kappa shape index (κ3) is 7.85. The topological polar surface area (TPSA) is 84.8 Å². The van der Waals surface area contributed by atoms with Crippen molar-refractivity contribution in [1.29, 1.82) is 0 Å². The molecule has 2 saturated heterocycles. The summed E-state index contributed by atoms with van der Waals surface area (Å²) in [6, 6.07) is 12.5. The van der Waals surface area contributed by atoms with Crippen LogP contribution in [0.2, 0.25) is 0 Å². The van der Waals surface area contributed by atoms with Crippen LogP contribution in [-0.4, -0.2) is 81.9 Å². The minimum atomic E-state index is -4.42. The summed E-state index contributed by atoms with van der Waals surface area (Å²) in [6.45, 7) is 5.20. The smallest absolute Gasteiger partial charge is 0.406 e. The monoisotopic (exact) mass is 672 g/mol. The third-order valence-electron chi connectivity index (χ3n) is 9.80. The van der Waals surface area contributed by atoms with E-state index < -0.39 is 22.6 Å². The van der Waals surface area contributed by atoms with E-state index in [-0.39, 0.29) is 23.2 Å². The number of sulfone groups is 1. The Bertz CT molecular complexity index is 1740. The molecule has 0 radical (unpaired) electrons. The Kier molecular flexibility index (Phi) is 9.70. The minimum absolute atomic E-state index is 0.117. The van der Waals surface area contributed by atoms with Crippen molar-refractivity contribution in [3.8, 4) is 17.6 Å². The maximum Gasteiger partial charge on any atom is 0.406 e. The molecule has 0 atom stereocenters. The second-order valence-corrected chi connectivity index (χ2v) is 15.2. The highest BCUT2D eigenvalue weighted by molar-refractivity contribution is 7.90. The van der Waals surface area contributed by atoms with Crippen LogP contribution in [0, 0.1) is 17.3 Å². The number of alkyl halides is 3. The molecule has 47 heavy (non-hydrogen) atoms. The Morgan fingerprint density at radius 2 is 1.79 bits per heavy atom. The maximum atomic E-state index is 13.7. The number of piperidine rings is 1. The number of nitrogens with one attached hydrogen (secondary N) is 2. The van der Waals surface area contributed by atoms with Gasteiger partial charge in [-0.2, -0.15) is 13.2 Å². The van der Waals surface area contributed by atoms with E-state index in [2.05, 4.69) is 27.4 Å². The molecule has 1 spiro atoms. The van der Waals surface area contributed by atoms with Crippen LogP contribution in [0.4, 0.5) is 24.5 Å². The number of fused-ring (bicyclic) bond motifs is 1. The second kappa shape index (κ2) is 13.6. The molecule has 0 bridgehead atoms. The Morgan fingerprint density at radius 3 is 2.43 bits per heavy atom. The first-order valence-corrected chi connectivity index (χ1v) is 18.3. The lowest BCUT2D eigenvalue weighted by Crippen LogP contribution is -2.53. The van der Waals surface area contributed by atoms with Crippen LogP contribution in [0.5, 0.6) is 5.75 Å². The highest BCUT2D eigenvalue weighted by atomic mass is 32.2. The largest absolute Gasteiger partial charge is 0.492 e. The van der Waals surface area contributed by atoms with Crippen LogP contribution in [0.25, 0.3) is 10.9 Å². The van der Waals surface area contributed by atoms with Gasteiger partial charge in [-0.3, -0.25) is 0 Å². The summed E-state index contributed by atoms with van der Waals surface area (Å²) in [6.07, 6.45) is 3.39. The van der Waals surface area contributed by atoms with Gasteiger partial charge < -0.3 is 29.6 Å². The second-order valence-electron chi connectivity index (χ2n) is 13.2. The summed E-state index contributed by atoms with van der Waals surface area (Å²) in [7, 11) is -3.42. The summed E-state index contributed by atoms with van der Waals surface area (Å²) in [4.78, 5) is 2.78. The van der Waals surface area contributed by atoms with Crippen LogP contribution < -0.4 is 15.4 Å². The van der Waals surface area contributed by atoms with E-state index in [1.165, 1.54) is 29.5 Å². The SMILES string of the molecule is CCOc1cc(S(C)(=O)=O)ccc1NCC#Cc1cc2c(N[C@H]3CC[C@H](N4CCC5(CC4)COC5)CC3)cccc2n1CC(F)(F)F. The van der Waals surface area contributed by atoms with Crippen LogP contribution >= 0.6 is 0 Å². The van der Waals surface area contributed by atoms with Gasteiger partial charge in [-0.1, -0.05) is 12.0 Å². The van der Waals surface area contributed by atoms with Gasteiger partial charge in [-0.25, -0.2) is 8.42 Å². The average molecular weight is 673 g/mol. The molecule has 1 aromatic heterocycles.